The van der Waals surface area contributed by atoms with Gasteiger partial charge < -0.3 is 9.67 Å². The normalized spacial score (nSPS) is 15.9. The van der Waals surface area contributed by atoms with Crippen LogP contribution in [0.15, 0.2) is 122 Å². The molecule has 0 amide bonds. The lowest BCUT2D eigenvalue weighted by atomic mass is 9.76. The lowest BCUT2D eigenvalue weighted by molar-refractivity contribution is 0.0529. The van der Waals surface area contributed by atoms with Gasteiger partial charge in [-0.05, 0) is 54.5 Å². The van der Waals surface area contributed by atoms with E-state index in [1.54, 1.807) is 0 Å². The van der Waals surface area contributed by atoms with Gasteiger partial charge in [-0.3, -0.25) is 9.36 Å². The molecule has 0 saturated heterocycles. The van der Waals surface area contributed by atoms with Crippen LogP contribution in [0, 0.1) is 12.8 Å². The van der Waals surface area contributed by atoms with Crippen molar-refractivity contribution >= 4 is 16.8 Å². The number of imidazole rings is 1. The molecular formula is C38H35N3O2. The molecule has 1 aliphatic heterocycles. The summed E-state index contributed by atoms with van der Waals surface area (Å²) in [4.78, 5) is 19.0. The molecule has 4 aromatic carbocycles. The maximum atomic E-state index is 14.1. The van der Waals surface area contributed by atoms with Gasteiger partial charge in [-0.1, -0.05) is 116 Å². The van der Waals surface area contributed by atoms with Crippen LogP contribution in [0.2, 0.25) is 0 Å². The van der Waals surface area contributed by atoms with Gasteiger partial charge in [0, 0.05) is 16.8 Å². The fraction of sp³-hybridized carbons (Fsp3) is 0.211. The molecule has 1 aliphatic rings. The molecule has 3 heterocycles. The standard InChI is InChI=1S/C38H35N3O2/c1-3-30-31-21-13-14-22-33(31)41-34(30)24-23-32(37(41)43)36(42)35-26(2)40(25-39-35)38(27-15-7-4-8-16-27,28-17-9-5-10-18-28)29-19-11-6-12-20-29/h4-22,25,32,36,42H,3,23-24H2,1-2H3. The number of carbonyl (C=O) groups excluding carboxylic acids is 1. The molecule has 214 valence electrons. The molecule has 2 atom stereocenters. The molecule has 2 aromatic heterocycles. The third-order valence-corrected chi connectivity index (χ3v) is 9.31. The molecular weight excluding hydrogens is 530 g/mol. The van der Waals surface area contributed by atoms with Crippen LogP contribution >= 0.6 is 0 Å². The Morgan fingerprint density at radius 2 is 1.37 bits per heavy atom. The average Bonchev–Trinajstić information content (AvgIpc) is 3.61. The van der Waals surface area contributed by atoms with Crippen LogP contribution in [-0.4, -0.2) is 25.1 Å². The van der Waals surface area contributed by atoms with E-state index in [0.29, 0.717) is 12.1 Å². The second-order valence-corrected chi connectivity index (χ2v) is 11.5. The topological polar surface area (TPSA) is 60.1 Å². The van der Waals surface area contributed by atoms with E-state index in [1.165, 1.54) is 5.56 Å². The molecule has 0 bridgehead atoms. The highest BCUT2D eigenvalue weighted by Crippen LogP contribution is 2.44. The van der Waals surface area contributed by atoms with Crippen LogP contribution < -0.4 is 0 Å². The minimum atomic E-state index is -1.03. The number of rotatable bonds is 7. The van der Waals surface area contributed by atoms with Crippen LogP contribution in [-0.2, 0) is 18.4 Å². The van der Waals surface area contributed by atoms with Crippen molar-refractivity contribution in [2.75, 3.05) is 0 Å². The zero-order chi connectivity index (χ0) is 29.6. The Bertz CT molecular complexity index is 1810. The van der Waals surface area contributed by atoms with Crippen molar-refractivity contribution in [1.29, 1.82) is 0 Å². The van der Waals surface area contributed by atoms with Crippen molar-refractivity contribution in [3.63, 3.8) is 0 Å². The van der Waals surface area contributed by atoms with Gasteiger partial charge in [-0.15, -0.1) is 0 Å². The van der Waals surface area contributed by atoms with Crippen molar-refractivity contribution in [2.45, 2.75) is 44.8 Å². The summed E-state index contributed by atoms with van der Waals surface area (Å²) in [5.41, 5.74) is 7.11. The van der Waals surface area contributed by atoms with Crippen LogP contribution in [0.3, 0.4) is 0 Å². The Hall–Kier alpha value is -4.74. The van der Waals surface area contributed by atoms with Crippen molar-refractivity contribution in [3.8, 4) is 0 Å². The molecule has 0 saturated carbocycles. The number of benzene rings is 4. The molecule has 43 heavy (non-hydrogen) atoms. The molecule has 6 aromatic rings. The van der Waals surface area contributed by atoms with E-state index in [9.17, 15) is 9.90 Å². The number of hydrogen-bond acceptors (Lipinski definition) is 3. The zero-order valence-corrected chi connectivity index (χ0v) is 24.5. The number of nitrogens with zero attached hydrogens (tertiary/aromatic N) is 3. The van der Waals surface area contributed by atoms with E-state index in [-0.39, 0.29) is 5.91 Å². The Kier molecular flexibility index (Phi) is 6.83. The van der Waals surface area contributed by atoms with Crippen molar-refractivity contribution in [2.24, 2.45) is 5.92 Å². The Morgan fingerprint density at radius 3 is 1.93 bits per heavy atom. The molecule has 5 heteroatoms. The number of hydrogen-bond donors (Lipinski definition) is 1. The molecule has 0 fully saturated rings. The van der Waals surface area contributed by atoms with Crippen LogP contribution in [0.25, 0.3) is 10.9 Å². The quantitative estimate of drug-likeness (QED) is 0.204. The Morgan fingerprint density at radius 1 is 0.837 bits per heavy atom. The predicted molar refractivity (Wildman–Crippen MR) is 170 cm³/mol. The molecule has 5 nitrogen and oxygen atoms in total. The third-order valence-electron chi connectivity index (χ3n) is 9.31. The summed E-state index contributed by atoms with van der Waals surface area (Å²) < 4.78 is 4.03. The molecule has 7 rings (SSSR count). The summed E-state index contributed by atoms with van der Waals surface area (Å²) in [6.07, 6.45) is 2.99. The monoisotopic (exact) mass is 565 g/mol. The number of fused-ring (bicyclic) bond motifs is 3. The largest absolute Gasteiger partial charge is 0.386 e. The number of aromatic nitrogens is 3. The summed E-state index contributed by atoms with van der Waals surface area (Å²) in [7, 11) is 0. The number of aliphatic hydroxyl groups excluding tert-OH is 1. The van der Waals surface area contributed by atoms with Crippen molar-refractivity contribution < 1.29 is 9.90 Å². The van der Waals surface area contributed by atoms with Gasteiger partial charge in [0.25, 0.3) is 0 Å². The maximum Gasteiger partial charge on any atom is 0.237 e. The maximum absolute atomic E-state index is 14.1. The minimum Gasteiger partial charge on any atom is -0.386 e. The first-order chi connectivity index (χ1) is 21.1. The highest BCUT2D eigenvalue weighted by molar-refractivity contribution is 5.98. The van der Waals surface area contributed by atoms with Gasteiger partial charge in [0.15, 0.2) is 0 Å². The number of carbonyl (C=O) groups is 1. The first kappa shape index (κ1) is 27.1. The fourth-order valence-electron chi connectivity index (χ4n) is 7.34. The average molecular weight is 566 g/mol. The summed E-state index contributed by atoms with van der Waals surface area (Å²) in [5, 5.41) is 13.1. The fourth-order valence-corrected chi connectivity index (χ4v) is 7.34. The van der Waals surface area contributed by atoms with Gasteiger partial charge >= 0.3 is 0 Å². The molecule has 2 unspecified atom stereocenters. The van der Waals surface area contributed by atoms with Crippen molar-refractivity contribution in [1.82, 2.24) is 14.1 Å². The zero-order valence-electron chi connectivity index (χ0n) is 24.5. The first-order valence-electron chi connectivity index (χ1n) is 15.1. The Labute approximate surface area is 252 Å². The van der Waals surface area contributed by atoms with E-state index in [0.717, 1.165) is 51.8 Å². The summed E-state index contributed by atoms with van der Waals surface area (Å²) in [6, 6.07) is 39.4. The molecule has 1 N–H and O–H groups in total. The number of aliphatic hydroxyl groups is 1. The van der Waals surface area contributed by atoms with Crippen LogP contribution in [0.4, 0.5) is 0 Å². The van der Waals surface area contributed by atoms with Crippen LogP contribution in [0.5, 0.6) is 0 Å². The lowest BCUT2D eigenvalue weighted by Crippen LogP contribution is -2.38. The van der Waals surface area contributed by atoms with E-state index < -0.39 is 17.6 Å². The molecule has 0 radical (unpaired) electrons. The number of aryl methyl sites for hydroxylation is 1. The molecule has 0 spiro atoms. The molecule has 0 aliphatic carbocycles. The van der Waals surface area contributed by atoms with Gasteiger partial charge in [0.1, 0.15) is 11.6 Å². The number of para-hydroxylation sites is 1. The summed E-state index contributed by atoms with van der Waals surface area (Å²) in [6.45, 7) is 4.15. The van der Waals surface area contributed by atoms with E-state index in [2.05, 4.69) is 90.4 Å². The van der Waals surface area contributed by atoms with E-state index in [1.807, 2.05) is 54.2 Å². The minimum absolute atomic E-state index is 0.0564. The third kappa shape index (κ3) is 4.10. The van der Waals surface area contributed by atoms with E-state index >= 15 is 0 Å². The second kappa shape index (κ2) is 10.8. The lowest BCUT2D eigenvalue weighted by Gasteiger charge is -2.38. The Balaban J connectivity index is 1.37. The first-order valence-corrected chi connectivity index (χ1v) is 15.1. The smallest absolute Gasteiger partial charge is 0.237 e. The van der Waals surface area contributed by atoms with Crippen LogP contribution in [0.1, 0.15) is 63.6 Å². The van der Waals surface area contributed by atoms with Crippen molar-refractivity contribution in [3.05, 3.63) is 161 Å². The predicted octanol–water partition coefficient (Wildman–Crippen LogP) is 7.49. The van der Waals surface area contributed by atoms with Gasteiger partial charge in [0.05, 0.1) is 23.5 Å². The van der Waals surface area contributed by atoms with E-state index in [4.69, 9.17) is 4.98 Å². The van der Waals surface area contributed by atoms with Gasteiger partial charge in [-0.25, -0.2) is 4.98 Å². The summed E-state index contributed by atoms with van der Waals surface area (Å²) in [5.74, 6) is -0.645. The SMILES string of the molecule is CCc1c2n(c3ccccc13)C(=O)C(C(O)c1ncn(C(c3ccccc3)(c3ccccc3)c3ccccc3)c1C)CC2. The highest BCUT2D eigenvalue weighted by Gasteiger charge is 2.42. The second-order valence-electron chi connectivity index (χ2n) is 11.5. The highest BCUT2D eigenvalue weighted by atomic mass is 16.3. The van der Waals surface area contributed by atoms with Gasteiger partial charge in [0.2, 0.25) is 5.91 Å². The van der Waals surface area contributed by atoms with Gasteiger partial charge in [-0.2, -0.15) is 0 Å². The summed E-state index contributed by atoms with van der Waals surface area (Å²) >= 11 is 0.